The minimum atomic E-state index is -0.0299. The zero-order valence-corrected chi connectivity index (χ0v) is 19.0. The monoisotopic (exact) mass is 416 g/mol. The van der Waals surface area contributed by atoms with Crippen molar-refractivity contribution in [1.82, 2.24) is 15.5 Å². The van der Waals surface area contributed by atoms with Crippen molar-refractivity contribution in [2.24, 2.45) is 4.99 Å². The molecule has 0 saturated carbocycles. The van der Waals surface area contributed by atoms with Gasteiger partial charge in [-0.15, -0.1) is 0 Å². The van der Waals surface area contributed by atoms with E-state index in [1.165, 1.54) is 5.56 Å². The van der Waals surface area contributed by atoms with E-state index in [1.54, 1.807) is 0 Å². The summed E-state index contributed by atoms with van der Waals surface area (Å²) in [5.41, 5.74) is 1.29. The lowest BCUT2D eigenvalue weighted by Gasteiger charge is -2.40. The minimum absolute atomic E-state index is 0.0299. The van der Waals surface area contributed by atoms with Gasteiger partial charge in [0.05, 0.1) is 12.6 Å². The number of guanidine groups is 1. The van der Waals surface area contributed by atoms with E-state index < -0.39 is 0 Å². The number of aliphatic imine (C=N–C) groups is 1. The van der Waals surface area contributed by atoms with E-state index in [9.17, 15) is 0 Å². The quantitative estimate of drug-likeness (QED) is 0.503. The molecular weight excluding hydrogens is 376 g/mol. The molecule has 0 aliphatic carbocycles. The van der Waals surface area contributed by atoms with Crippen LogP contribution < -0.4 is 10.6 Å². The number of likely N-dealkylation sites (tertiary alicyclic amines) is 1. The molecule has 2 aliphatic rings. The average molecular weight is 417 g/mol. The van der Waals surface area contributed by atoms with E-state index in [2.05, 4.69) is 66.6 Å². The zero-order valence-electron chi connectivity index (χ0n) is 19.0. The Bertz CT molecular complexity index is 638. The molecule has 1 unspecified atom stereocenters. The van der Waals surface area contributed by atoms with Crippen LogP contribution in [0.25, 0.3) is 0 Å². The number of benzene rings is 1. The number of nitrogens with zero attached hydrogens (tertiary/aromatic N) is 2. The fraction of sp³-hybridized carbons (Fsp3) is 0.708. The van der Waals surface area contributed by atoms with E-state index in [0.717, 1.165) is 77.6 Å². The number of ether oxygens (including phenoxy) is 2. The van der Waals surface area contributed by atoms with Crippen molar-refractivity contribution >= 4 is 5.96 Å². The van der Waals surface area contributed by atoms with Crippen molar-refractivity contribution in [1.29, 1.82) is 0 Å². The van der Waals surface area contributed by atoms with Crippen molar-refractivity contribution < 1.29 is 9.47 Å². The molecule has 0 aromatic heterocycles. The van der Waals surface area contributed by atoms with Crippen LogP contribution in [-0.4, -0.2) is 68.5 Å². The highest BCUT2D eigenvalue weighted by atomic mass is 16.5. The molecule has 3 rings (SSSR count). The van der Waals surface area contributed by atoms with Crippen LogP contribution in [0.4, 0.5) is 0 Å². The van der Waals surface area contributed by atoms with Crippen molar-refractivity contribution in [3.63, 3.8) is 0 Å². The largest absolute Gasteiger partial charge is 0.381 e. The van der Waals surface area contributed by atoms with Crippen LogP contribution in [0.1, 0.15) is 58.1 Å². The molecule has 2 aliphatic heterocycles. The molecule has 0 amide bonds. The fourth-order valence-electron chi connectivity index (χ4n) is 4.52. The Labute approximate surface area is 182 Å². The number of rotatable bonds is 8. The third-order valence-corrected chi connectivity index (χ3v) is 6.28. The number of piperidine rings is 1. The Morgan fingerprint density at radius 2 is 1.90 bits per heavy atom. The SMILES string of the molecule is CCNC(=NCC1(NC(C)c2ccccc2)CCOCC1)N1CCC(OCC)CC1. The maximum Gasteiger partial charge on any atom is 0.193 e. The van der Waals surface area contributed by atoms with Crippen LogP contribution >= 0.6 is 0 Å². The van der Waals surface area contributed by atoms with Gasteiger partial charge in [0.1, 0.15) is 0 Å². The number of hydrogen-bond acceptors (Lipinski definition) is 4. The van der Waals surface area contributed by atoms with Crippen molar-refractivity contribution in [2.45, 2.75) is 64.1 Å². The molecule has 2 N–H and O–H groups in total. The molecule has 1 atom stereocenters. The minimum Gasteiger partial charge on any atom is -0.381 e. The topological polar surface area (TPSA) is 58.1 Å². The van der Waals surface area contributed by atoms with Gasteiger partial charge in [-0.25, -0.2) is 0 Å². The third kappa shape index (κ3) is 6.43. The predicted molar refractivity (Wildman–Crippen MR) is 123 cm³/mol. The first-order valence-electron chi connectivity index (χ1n) is 11.7. The molecule has 6 nitrogen and oxygen atoms in total. The Balaban J connectivity index is 1.68. The standard InChI is InChI=1S/C24H40N4O2/c1-4-25-23(28-15-11-22(12-16-28)30-5-2)26-19-24(13-17-29-18-14-24)27-20(3)21-9-7-6-8-10-21/h6-10,20,22,27H,4-5,11-19H2,1-3H3,(H,25,26). The maximum absolute atomic E-state index is 5.82. The van der Waals surface area contributed by atoms with Gasteiger partial charge < -0.3 is 25.0 Å². The van der Waals surface area contributed by atoms with Crippen LogP contribution in [0.3, 0.4) is 0 Å². The molecule has 0 bridgehead atoms. The van der Waals surface area contributed by atoms with Gasteiger partial charge >= 0.3 is 0 Å². The second kappa shape index (κ2) is 11.7. The van der Waals surface area contributed by atoms with Crippen LogP contribution in [0.5, 0.6) is 0 Å². The first-order chi connectivity index (χ1) is 14.7. The second-order valence-corrected chi connectivity index (χ2v) is 8.48. The Morgan fingerprint density at radius 3 is 2.53 bits per heavy atom. The molecular formula is C24H40N4O2. The number of hydrogen-bond donors (Lipinski definition) is 2. The highest BCUT2D eigenvalue weighted by Crippen LogP contribution is 2.26. The van der Waals surface area contributed by atoms with Gasteiger partial charge in [0.25, 0.3) is 0 Å². The molecule has 1 aromatic carbocycles. The molecule has 6 heteroatoms. The summed E-state index contributed by atoms with van der Waals surface area (Å²) < 4.78 is 11.5. The smallest absolute Gasteiger partial charge is 0.193 e. The summed E-state index contributed by atoms with van der Waals surface area (Å²) in [5.74, 6) is 1.03. The van der Waals surface area contributed by atoms with Gasteiger partial charge in [-0.3, -0.25) is 4.99 Å². The van der Waals surface area contributed by atoms with Gasteiger partial charge in [-0.05, 0) is 52.0 Å². The zero-order chi connectivity index (χ0) is 21.2. The van der Waals surface area contributed by atoms with Crippen molar-refractivity contribution in [3.05, 3.63) is 35.9 Å². The number of nitrogens with one attached hydrogen (secondary N) is 2. The Hall–Kier alpha value is -1.63. The van der Waals surface area contributed by atoms with Gasteiger partial charge in [0.2, 0.25) is 0 Å². The fourth-order valence-corrected chi connectivity index (χ4v) is 4.52. The molecule has 1 aromatic rings. The molecule has 0 radical (unpaired) electrons. The molecule has 30 heavy (non-hydrogen) atoms. The van der Waals surface area contributed by atoms with Crippen LogP contribution in [0.2, 0.25) is 0 Å². The molecule has 2 fully saturated rings. The lowest BCUT2D eigenvalue weighted by molar-refractivity contribution is 0.0259. The van der Waals surface area contributed by atoms with Gasteiger partial charge in [-0.2, -0.15) is 0 Å². The van der Waals surface area contributed by atoms with Crippen LogP contribution in [-0.2, 0) is 9.47 Å². The summed E-state index contributed by atoms with van der Waals surface area (Å²) in [7, 11) is 0. The van der Waals surface area contributed by atoms with Crippen molar-refractivity contribution in [2.75, 3.05) is 46.0 Å². The van der Waals surface area contributed by atoms with Gasteiger partial charge in [0.15, 0.2) is 5.96 Å². The highest BCUT2D eigenvalue weighted by Gasteiger charge is 2.34. The van der Waals surface area contributed by atoms with E-state index in [0.29, 0.717) is 6.10 Å². The lowest BCUT2D eigenvalue weighted by Crippen LogP contribution is -2.54. The van der Waals surface area contributed by atoms with Crippen LogP contribution in [0.15, 0.2) is 35.3 Å². The molecule has 2 saturated heterocycles. The van der Waals surface area contributed by atoms with Gasteiger partial charge in [0, 0.05) is 51.0 Å². The van der Waals surface area contributed by atoms with E-state index >= 15 is 0 Å². The lowest BCUT2D eigenvalue weighted by atomic mass is 9.88. The molecule has 2 heterocycles. The Kier molecular flexibility index (Phi) is 8.97. The maximum atomic E-state index is 5.82. The first kappa shape index (κ1) is 23.0. The summed E-state index contributed by atoms with van der Waals surface area (Å²) in [6.45, 7) is 12.5. The third-order valence-electron chi connectivity index (χ3n) is 6.28. The second-order valence-electron chi connectivity index (χ2n) is 8.48. The van der Waals surface area contributed by atoms with E-state index in [1.807, 2.05) is 0 Å². The predicted octanol–water partition coefficient (Wildman–Crippen LogP) is 3.35. The average Bonchev–Trinajstić information content (AvgIpc) is 2.79. The summed E-state index contributed by atoms with van der Waals surface area (Å²) in [4.78, 5) is 7.52. The molecule has 0 spiro atoms. The summed E-state index contributed by atoms with van der Waals surface area (Å²) >= 11 is 0. The summed E-state index contributed by atoms with van der Waals surface area (Å²) in [6.07, 6.45) is 4.50. The first-order valence-corrected chi connectivity index (χ1v) is 11.7. The van der Waals surface area contributed by atoms with Gasteiger partial charge in [-0.1, -0.05) is 30.3 Å². The van der Waals surface area contributed by atoms with E-state index in [4.69, 9.17) is 14.5 Å². The van der Waals surface area contributed by atoms with E-state index in [-0.39, 0.29) is 11.6 Å². The van der Waals surface area contributed by atoms with Crippen LogP contribution in [0, 0.1) is 0 Å². The highest BCUT2D eigenvalue weighted by molar-refractivity contribution is 5.80. The Morgan fingerprint density at radius 1 is 1.20 bits per heavy atom. The normalized spacial score (nSPS) is 21.4. The summed E-state index contributed by atoms with van der Waals surface area (Å²) in [5, 5.41) is 7.44. The molecule has 168 valence electrons. The van der Waals surface area contributed by atoms with Crippen molar-refractivity contribution in [3.8, 4) is 0 Å². The summed E-state index contributed by atoms with van der Waals surface area (Å²) in [6, 6.07) is 11.0.